The van der Waals surface area contributed by atoms with Crippen LogP contribution in [0.15, 0.2) is 231 Å². The second-order valence-corrected chi connectivity index (χ2v) is 28.3. The minimum Gasteiger partial charge on any atom is -0.354 e. The third-order valence-corrected chi connectivity index (χ3v) is 20.7. The van der Waals surface area contributed by atoms with Gasteiger partial charge in [-0.1, -0.05) is 239 Å². The molecule has 0 fully saturated rings. The Labute approximate surface area is 605 Å². The van der Waals surface area contributed by atoms with Crippen molar-refractivity contribution in [3.05, 3.63) is 321 Å². The van der Waals surface area contributed by atoms with Crippen molar-refractivity contribution in [1.82, 2.24) is 39.9 Å². The van der Waals surface area contributed by atoms with Crippen molar-refractivity contribution in [2.24, 2.45) is 0 Å². The van der Waals surface area contributed by atoms with Crippen molar-refractivity contribution >= 4 is 92.7 Å². The van der Waals surface area contributed by atoms with Crippen molar-refractivity contribution in [1.29, 1.82) is 0 Å². The molecule has 0 amide bonds. The number of aromatic amines is 4. The molecule has 14 aromatic rings. The van der Waals surface area contributed by atoms with E-state index >= 15 is 0 Å². The maximum absolute atomic E-state index is 5.90. The van der Waals surface area contributed by atoms with E-state index in [0.29, 0.717) is 0 Å². The SMILES string of the molecule is Cc1ccc(-c2c3nc(c(-c4ccc(C)cc4)c4cc(-c5cc6[nH]c5c(-c5ccc(C)cc5)c5nc(c(-c7ccc(C)cc7)c7ccc([nH]7)c(-c7ccc(C)cc7)c7nc(c6-c6ccc(C)cc6)C=C7)C=C5)c([nH]4)c(-c4ccc(C)cc4)c4nc(c(-c5ccc(C)cc5)c5ccc2[nH]5)C=C4)C=C3)cc1. The Hall–Kier alpha value is -13.0. The molecule has 0 saturated heterocycles. The lowest BCUT2D eigenvalue weighted by Crippen LogP contribution is -1.91. The van der Waals surface area contributed by atoms with Crippen molar-refractivity contribution in [2.75, 3.05) is 0 Å². The zero-order valence-corrected chi connectivity index (χ0v) is 59.3. The highest BCUT2D eigenvalue weighted by Crippen LogP contribution is 2.48. The summed E-state index contributed by atoms with van der Waals surface area (Å²) in [6.45, 7) is 17.1. The third-order valence-electron chi connectivity index (χ3n) is 20.7. The lowest BCUT2D eigenvalue weighted by Gasteiger charge is -2.10. The van der Waals surface area contributed by atoms with E-state index in [4.69, 9.17) is 19.9 Å². The molecule has 0 radical (unpaired) electrons. The van der Waals surface area contributed by atoms with Gasteiger partial charge in [0.2, 0.25) is 0 Å². The summed E-state index contributed by atoms with van der Waals surface area (Å²) in [7, 11) is 0. The lowest BCUT2D eigenvalue weighted by molar-refractivity contribution is 1.31. The summed E-state index contributed by atoms with van der Waals surface area (Å²) in [6, 6.07) is 84.3. The van der Waals surface area contributed by atoms with Crippen LogP contribution < -0.4 is 0 Å². The summed E-state index contributed by atoms with van der Waals surface area (Å²) in [5.41, 5.74) is 41.0. The second kappa shape index (κ2) is 25.5. The highest BCUT2D eigenvalue weighted by Gasteiger charge is 2.27. The van der Waals surface area contributed by atoms with E-state index in [9.17, 15) is 0 Å². The van der Waals surface area contributed by atoms with E-state index < -0.39 is 0 Å². The first-order chi connectivity index (χ1) is 50.7. The summed E-state index contributed by atoms with van der Waals surface area (Å²) >= 11 is 0. The Morgan fingerprint density at radius 3 is 0.529 bits per heavy atom. The molecule has 104 heavy (non-hydrogen) atoms. The molecule has 0 spiro atoms. The summed E-state index contributed by atoms with van der Waals surface area (Å²) in [5.74, 6) is 0. The smallest absolute Gasteiger partial charge is 0.0737 e. The normalized spacial score (nSPS) is 12.3. The van der Waals surface area contributed by atoms with Crippen LogP contribution in [-0.2, 0) is 0 Å². The Kier molecular flexibility index (Phi) is 15.5. The van der Waals surface area contributed by atoms with Crippen LogP contribution in [0.3, 0.4) is 0 Å². The number of rotatable bonds is 9. The van der Waals surface area contributed by atoms with Gasteiger partial charge in [0, 0.05) is 88.7 Å². The van der Waals surface area contributed by atoms with Crippen molar-refractivity contribution < 1.29 is 0 Å². The van der Waals surface area contributed by atoms with Gasteiger partial charge in [-0.2, -0.15) is 0 Å². The summed E-state index contributed by atoms with van der Waals surface area (Å²) < 4.78 is 0. The first-order valence-corrected chi connectivity index (χ1v) is 35.7. The van der Waals surface area contributed by atoms with E-state index in [1.54, 1.807) is 0 Å². The zero-order valence-electron chi connectivity index (χ0n) is 59.3. The Morgan fingerprint density at radius 2 is 0.337 bits per heavy atom. The van der Waals surface area contributed by atoms with E-state index in [2.05, 4.69) is 354 Å². The van der Waals surface area contributed by atoms with Crippen LogP contribution in [-0.4, -0.2) is 39.9 Å². The Balaban J connectivity index is 1.08. The number of aryl methyl sites for hydroxylation is 8. The quantitative estimate of drug-likeness (QED) is 0.115. The summed E-state index contributed by atoms with van der Waals surface area (Å²) in [6.07, 6.45) is 17.6. The molecule has 4 aliphatic heterocycles. The first-order valence-electron chi connectivity index (χ1n) is 35.7. The van der Waals surface area contributed by atoms with Gasteiger partial charge in [0.05, 0.1) is 56.6 Å². The predicted molar refractivity (Wildman–Crippen MR) is 438 cm³/mol. The Morgan fingerprint density at radius 1 is 0.173 bits per heavy atom. The van der Waals surface area contributed by atoms with Gasteiger partial charge in [-0.05, 0) is 185 Å². The van der Waals surface area contributed by atoms with E-state index in [0.717, 1.165) is 212 Å². The van der Waals surface area contributed by atoms with Gasteiger partial charge in [0.15, 0.2) is 0 Å². The third kappa shape index (κ3) is 11.5. The molecule has 8 nitrogen and oxygen atoms in total. The summed E-state index contributed by atoms with van der Waals surface area (Å²) in [4.78, 5) is 40.0. The van der Waals surface area contributed by atoms with Gasteiger partial charge < -0.3 is 19.9 Å². The zero-order chi connectivity index (χ0) is 70.4. The monoisotopic (exact) mass is 1340 g/mol. The molecule has 0 aliphatic carbocycles. The number of fused-ring (bicyclic) bond motifs is 16. The van der Waals surface area contributed by atoms with Crippen LogP contribution in [0.5, 0.6) is 0 Å². The van der Waals surface area contributed by atoms with Crippen molar-refractivity contribution in [3.63, 3.8) is 0 Å². The fourth-order valence-corrected chi connectivity index (χ4v) is 15.2. The minimum absolute atomic E-state index is 0.806. The molecule has 0 atom stereocenters. The molecule has 4 N–H and O–H groups in total. The topological polar surface area (TPSA) is 115 Å². The highest BCUT2D eigenvalue weighted by molar-refractivity contribution is 6.11. The number of hydrogen-bond donors (Lipinski definition) is 4. The van der Waals surface area contributed by atoms with Gasteiger partial charge in [-0.3, -0.25) is 0 Å². The van der Waals surface area contributed by atoms with Gasteiger partial charge >= 0.3 is 0 Å². The van der Waals surface area contributed by atoms with Crippen LogP contribution in [0.2, 0.25) is 0 Å². The molecule has 10 heterocycles. The standard InChI is InChI=1S/C96H74N8/c1-55-9-25-63(26-10-55)87-73-41-43-75(97-73)89(65-29-13-57(3)14-30-65)79-49-51-83(101-79)93(69-37-21-61(7)22-38-69)95-71(53-85(103-95)91(81-47-45-77(87)99-81)67-33-17-59(5)18-34-67)72-54-86-92(68-35-19-60(6)20-36-68)82-48-46-78(100-82)88(64-27-11-56(2)12-28-64)74-42-44-76(98-74)90(66-31-15-58(4)16-32-66)80-50-52-84(102-80)94(96(72)104-86)70-39-23-62(8)24-40-70/h9-54,97-98,103-104H,1-8H3. The Bertz CT molecular complexity index is 5940. The molecule has 6 aromatic heterocycles. The maximum Gasteiger partial charge on any atom is 0.0737 e. The molecule has 18 rings (SSSR count). The average molecular weight is 1340 g/mol. The number of benzene rings is 8. The van der Waals surface area contributed by atoms with Crippen LogP contribution in [0.1, 0.15) is 90.1 Å². The molecule has 8 aromatic carbocycles. The van der Waals surface area contributed by atoms with Crippen LogP contribution in [0.4, 0.5) is 0 Å². The number of nitrogens with one attached hydrogen (secondary N) is 4. The largest absolute Gasteiger partial charge is 0.354 e. The predicted octanol–water partition coefficient (Wildman–Crippen LogP) is 25.1. The van der Waals surface area contributed by atoms with Gasteiger partial charge in [-0.25, -0.2) is 19.9 Å². The van der Waals surface area contributed by atoms with Crippen LogP contribution in [0, 0.1) is 55.4 Å². The van der Waals surface area contributed by atoms with Crippen molar-refractivity contribution in [2.45, 2.75) is 55.4 Å². The van der Waals surface area contributed by atoms with Crippen LogP contribution in [0.25, 0.3) is 193 Å². The molecule has 8 heteroatoms. The minimum atomic E-state index is 0.806. The molecule has 16 bridgehead atoms. The number of nitrogens with zero attached hydrogens (tertiary/aromatic N) is 4. The molecule has 4 aliphatic rings. The van der Waals surface area contributed by atoms with Gasteiger partial charge in [0.25, 0.3) is 0 Å². The maximum atomic E-state index is 5.90. The molecular formula is C96H74N8. The molecular weight excluding hydrogens is 1270 g/mol. The first kappa shape index (κ1) is 63.2. The van der Waals surface area contributed by atoms with E-state index in [-0.39, 0.29) is 0 Å². The number of hydrogen-bond acceptors (Lipinski definition) is 4. The molecule has 0 saturated carbocycles. The fraction of sp³-hybridized carbons (Fsp3) is 0.0833. The number of H-pyrrole nitrogens is 4. The average Bonchev–Trinajstić information content (AvgIpc) is 1.58. The second-order valence-electron chi connectivity index (χ2n) is 28.3. The fourth-order valence-electron chi connectivity index (χ4n) is 15.2. The molecule has 0 unspecified atom stereocenters. The van der Waals surface area contributed by atoms with Gasteiger partial charge in [0.1, 0.15) is 0 Å². The van der Waals surface area contributed by atoms with E-state index in [1.807, 2.05) is 0 Å². The van der Waals surface area contributed by atoms with Crippen molar-refractivity contribution in [3.8, 4) is 100 Å². The molecule has 498 valence electrons. The lowest BCUT2D eigenvalue weighted by atomic mass is 9.95. The summed E-state index contributed by atoms with van der Waals surface area (Å²) in [5, 5.41) is 0. The van der Waals surface area contributed by atoms with Gasteiger partial charge in [-0.15, -0.1) is 0 Å². The number of aromatic nitrogens is 8. The highest BCUT2D eigenvalue weighted by atomic mass is 14.8. The van der Waals surface area contributed by atoms with E-state index in [1.165, 1.54) is 22.3 Å². The van der Waals surface area contributed by atoms with Crippen LogP contribution >= 0.6 is 0 Å².